The van der Waals surface area contributed by atoms with Crippen molar-refractivity contribution in [2.75, 3.05) is 11.4 Å². The second-order valence-corrected chi connectivity index (χ2v) is 9.40. The van der Waals surface area contributed by atoms with Crippen LogP contribution in [0.15, 0.2) is 47.9 Å². The lowest BCUT2D eigenvalue weighted by atomic mass is 10.1. The average molecular weight is 417 g/mol. The molecule has 1 aromatic carbocycles. The number of nitrogens with zero attached hydrogens (tertiary/aromatic N) is 5. The predicted octanol–water partition coefficient (Wildman–Crippen LogP) is 4.03. The highest BCUT2D eigenvalue weighted by Crippen LogP contribution is 2.31. The van der Waals surface area contributed by atoms with Crippen LogP contribution >= 0.6 is 0 Å². The summed E-state index contributed by atoms with van der Waals surface area (Å²) < 4.78 is 29.2. The topological polar surface area (TPSA) is 76.2 Å². The van der Waals surface area contributed by atoms with Crippen molar-refractivity contribution in [1.29, 1.82) is 0 Å². The molecule has 0 fully saturated rings. The SMILES string of the molecule is Cc1nn(C)c(C)c1N(C)[S+](=O)(O)c1ccc(CCCCCn2ccnc2)cc1. The summed E-state index contributed by atoms with van der Waals surface area (Å²) >= 11 is 0. The van der Waals surface area contributed by atoms with Gasteiger partial charge < -0.3 is 4.57 Å². The Hall–Kier alpha value is -2.45. The number of imidazole rings is 1. The number of aromatic nitrogens is 4. The van der Waals surface area contributed by atoms with Crippen molar-refractivity contribution in [1.82, 2.24) is 19.3 Å². The molecule has 1 atom stereocenters. The maximum atomic E-state index is 13.2. The molecule has 0 spiro atoms. The molecule has 2 aromatic heterocycles. The molecular formula is C21H30N5O2S+. The summed E-state index contributed by atoms with van der Waals surface area (Å²) in [6.45, 7) is 4.74. The van der Waals surface area contributed by atoms with Crippen LogP contribution in [0, 0.1) is 13.8 Å². The van der Waals surface area contributed by atoms with E-state index in [9.17, 15) is 8.76 Å². The number of unbranched alkanes of at least 4 members (excludes halogenated alkanes) is 2. The van der Waals surface area contributed by atoms with Crippen LogP contribution in [0.5, 0.6) is 0 Å². The van der Waals surface area contributed by atoms with Crippen LogP contribution in [-0.4, -0.2) is 30.9 Å². The largest absolute Gasteiger partial charge is 0.348 e. The zero-order chi connectivity index (χ0) is 21.0. The van der Waals surface area contributed by atoms with Gasteiger partial charge in [-0.2, -0.15) is 14.0 Å². The lowest BCUT2D eigenvalue weighted by Crippen LogP contribution is -2.33. The fourth-order valence-electron chi connectivity index (χ4n) is 3.55. The second kappa shape index (κ2) is 8.92. The van der Waals surface area contributed by atoms with E-state index in [1.54, 1.807) is 30.1 Å². The number of hydrogen-bond acceptors (Lipinski definition) is 3. The Morgan fingerprint density at radius 1 is 1.14 bits per heavy atom. The predicted molar refractivity (Wildman–Crippen MR) is 116 cm³/mol. The molecule has 1 N–H and O–H groups in total. The highest BCUT2D eigenvalue weighted by Gasteiger charge is 2.38. The molecule has 0 saturated heterocycles. The van der Waals surface area contributed by atoms with Gasteiger partial charge in [0.2, 0.25) is 4.90 Å². The molecular weight excluding hydrogens is 386 g/mol. The Balaban J connectivity index is 1.58. The summed E-state index contributed by atoms with van der Waals surface area (Å²) in [5.41, 5.74) is 3.48. The second-order valence-electron chi connectivity index (χ2n) is 7.39. The monoisotopic (exact) mass is 416 g/mol. The summed E-state index contributed by atoms with van der Waals surface area (Å²) in [7, 11) is 0.109. The first kappa shape index (κ1) is 21.3. The van der Waals surface area contributed by atoms with Gasteiger partial charge in [0.1, 0.15) is 5.69 Å². The molecule has 2 heterocycles. The first-order valence-electron chi connectivity index (χ1n) is 9.86. The van der Waals surface area contributed by atoms with E-state index < -0.39 is 10.4 Å². The van der Waals surface area contributed by atoms with E-state index in [1.807, 2.05) is 45.6 Å². The van der Waals surface area contributed by atoms with E-state index in [1.165, 1.54) is 9.87 Å². The lowest BCUT2D eigenvalue weighted by Gasteiger charge is -2.17. The van der Waals surface area contributed by atoms with E-state index in [2.05, 4.69) is 14.6 Å². The normalized spacial score (nSPS) is 13.4. The molecule has 0 radical (unpaired) electrons. The van der Waals surface area contributed by atoms with Crippen molar-refractivity contribution in [2.45, 2.75) is 51.0 Å². The molecule has 0 amide bonds. The number of aryl methyl sites for hydroxylation is 4. The Labute approximate surface area is 173 Å². The van der Waals surface area contributed by atoms with Crippen LogP contribution < -0.4 is 4.31 Å². The van der Waals surface area contributed by atoms with Gasteiger partial charge in [0, 0.05) is 26.0 Å². The number of anilines is 1. The fraction of sp³-hybridized carbons (Fsp3) is 0.429. The molecule has 0 bridgehead atoms. The zero-order valence-corrected chi connectivity index (χ0v) is 18.4. The van der Waals surface area contributed by atoms with Gasteiger partial charge in [-0.05, 0) is 55.0 Å². The fourth-order valence-corrected chi connectivity index (χ4v) is 4.87. The van der Waals surface area contributed by atoms with Gasteiger partial charge in [-0.3, -0.25) is 4.68 Å². The van der Waals surface area contributed by atoms with Gasteiger partial charge in [0.05, 0.1) is 24.8 Å². The quantitative estimate of drug-likeness (QED) is 0.422. The standard InChI is InChI=1S/C21H29N5O2S/c1-17-21(18(2)24(3)23-17)25(4)29(27,28)20-11-9-19(10-12-20)8-6-5-7-14-26-15-13-22-16-26/h9-13,15-16H,5-8,14H2,1-4H3/p+1. The molecule has 3 aromatic rings. The van der Waals surface area contributed by atoms with Crippen LogP contribution in [0.4, 0.5) is 5.69 Å². The molecule has 156 valence electrons. The Morgan fingerprint density at radius 3 is 2.45 bits per heavy atom. The van der Waals surface area contributed by atoms with Crippen LogP contribution in [0.3, 0.4) is 0 Å². The maximum absolute atomic E-state index is 13.2. The van der Waals surface area contributed by atoms with Crippen LogP contribution in [0.2, 0.25) is 0 Å². The number of benzene rings is 1. The maximum Gasteiger partial charge on any atom is 0.348 e. The minimum Gasteiger partial charge on any atom is -0.337 e. The third kappa shape index (κ3) is 4.76. The lowest BCUT2D eigenvalue weighted by molar-refractivity contribution is 0.495. The van der Waals surface area contributed by atoms with E-state index in [-0.39, 0.29) is 0 Å². The first-order chi connectivity index (χ1) is 13.8. The van der Waals surface area contributed by atoms with Crippen LogP contribution in [0.25, 0.3) is 0 Å². The molecule has 0 aliphatic carbocycles. The van der Waals surface area contributed by atoms with Gasteiger partial charge in [-0.1, -0.05) is 18.6 Å². The Morgan fingerprint density at radius 2 is 1.86 bits per heavy atom. The zero-order valence-electron chi connectivity index (χ0n) is 17.6. The Bertz CT molecular complexity index is 979. The van der Waals surface area contributed by atoms with Crippen molar-refractivity contribution < 1.29 is 8.76 Å². The van der Waals surface area contributed by atoms with Crippen molar-refractivity contribution >= 4 is 16.1 Å². The molecule has 0 saturated carbocycles. The van der Waals surface area contributed by atoms with Gasteiger partial charge in [0.25, 0.3) is 0 Å². The van der Waals surface area contributed by atoms with Gasteiger partial charge in [-0.15, -0.1) is 0 Å². The van der Waals surface area contributed by atoms with Gasteiger partial charge in [0.15, 0.2) is 0 Å². The highest BCUT2D eigenvalue weighted by molar-refractivity contribution is 7.99. The Kier molecular flexibility index (Phi) is 6.54. The van der Waals surface area contributed by atoms with Gasteiger partial charge in [-0.25, -0.2) is 4.98 Å². The number of rotatable bonds is 9. The van der Waals surface area contributed by atoms with E-state index >= 15 is 0 Å². The molecule has 0 aliphatic heterocycles. The van der Waals surface area contributed by atoms with Crippen LogP contribution in [0.1, 0.15) is 36.2 Å². The van der Waals surface area contributed by atoms with Crippen LogP contribution in [-0.2, 0) is 34.6 Å². The average Bonchev–Trinajstić information content (AvgIpc) is 3.29. The highest BCUT2D eigenvalue weighted by atomic mass is 32.3. The molecule has 8 heteroatoms. The van der Waals surface area contributed by atoms with Crippen molar-refractivity contribution in [3.05, 3.63) is 59.9 Å². The first-order valence-corrected chi connectivity index (χ1v) is 11.3. The molecule has 3 rings (SSSR count). The molecule has 29 heavy (non-hydrogen) atoms. The summed E-state index contributed by atoms with van der Waals surface area (Å²) in [5, 5.41) is 4.35. The smallest absolute Gasteiger partial charge is 0.337 e. The summed E-state index contributed by atoms with van der Waals surface area (Å²) in [4.78, 5) is 4.46. The van der Waals surface area contributed by atoms with Crippen molar-refractivity contribution in [2.24, 2.45) is 7.05 Å². The third-order valence-electron chi connectivity index (χ3n) is 5.33. The minimum absolute atomic E-state index is 0.409. The van der Waals surface area contributed by atoms with Gasteiger partial charge >= 0.3 is 10.4 Å². The number of hydrogen-bond donors (Lipinski definition) is 1. The van der Waals surface area contributed by atoms with E-state index in [0.717, 1.165) is 43.6 Å². The minimum atomic E-state index is -3.37. The van der Waals surface area contributed by atoms with Crippen molar-refractivity contribution in [3.63, 3.8) is 0 Å². The summed E-state index contributed by atoms with van der Waals surface area (Å²) in [6.07, 6.45) is 9.94. The molecule has 1 unspecified atom stereocenters. The van der Waals surface area contributed by atoms with Crippen molar-refractivity contribution in [3.8, 4) is 0 Å². The molecule has 7 nitrogen and oxygen atoms in total. The summed E-state index contributed by atoms with van der Waals surface area (Å²) in [6, 6.07) is 7.44. The molecule has 0 aliphatic rings. The summed E-state index contributed by atoms with van der Waals surface area (Å²) in [5.74, 6) is 0. The third-order valence-corrected chi connectivity index (χ3v) is 7.14. The van der Waals surface area contributed by atoms with E-state index in [4.69, 9.17) is 0 Å². The van der Waals surface area contributed by atoms with E-state index in [0.29, 0.717) is 10.6 Å².